The van der Waals surface area contributed by atoms with Crippen molar-refractivity contribution in [3.8, 4) is 0 Å². The third kappa shape index (κ3) is 1.44. The lowest BCUT2D eigenvalue weighted by Gasteiger charge is -2.47. The molecule has 2 saturated carbocycles. The lowest BCUT2D eigenvalue weighted by atomic mass is 9.67. The number of amides is 1. The summed E-state index contributed by atoms with van der Waals surface area (Å²) in [6.07, 6.45) is 6.12. The number of hydrogen-bond acceptors (Lipinski definition) is 4. The monoisotopic (exact) mass is 261 g/mol. The summed E-state index contributed by atoms with van der Waals surface area (Å²) in [6.45, 7) is 2.87. The second kappa shape index (κ2) is 3.81. The first-order valence-electron chi connectivity index (χ1n) is 7.40. The summed E-state index contributed by atoms with van der Waals surface area (Å²) in [4.78, 5) is 14.5. The van der Waals surface area contributed by atoms with Crippen molar-refractivity contribution in [1.29, 1.82) is 0 Å². The zero-order valence-corrected chi connectivity index (χ0v) is 11.3. The van der Waals surface area contributed by atoms with Crippen LogP contribution in [-0.4, -0.2) is 27.5 Å². The van der Waals surface area contributed by atoms with Crippen molar-refractivity contribution in [2.45, 2.75) is 51.0 Å². The molecule has 1 amide bonds. The van der Waals surface area contributed by atoms with Crippen LogP contribution in [0.2, 0.25) is 0 Å². The van der Waals surface area contributed by atoms with E-state index in [-0.39, 0.29) is 11.5 Å². The highest BCUT2D eigenvalue weighted by molar-refractivity contribution is 5.82. The Morgan fingerprint density at radius 3 is 2.79 bits per heavy atom. The van der Waals surface area contributed by atoms with E-state index < -0.39 is 0 Å². The van der Waals surface area contributed by atoms with Gasteiger partial charge in [-0.05, 0) is 38.0 Å². The van der Waals surface area contributed by atoms with Crippen molar-refractivity contribution < 1.29 is 9.21 Å². The van der Waals surface area contributed by atoms with Gasteiger partial charge in [-0.3, -0.25) is 4.79 Å². The first-order chi connectivity index (χ1) is 9.25. The molecule has 3 fully saturated rings. The number of hydrogen-bond donors (Lipinski definition) is 0. The van der Waals surface area contributed by atoms with E-state index in [0.717, 1.165) is 38.6 Å². The van der Waals surface area contributed by atoms with Gasteiger partial charge in [0.25, 0.3) is 0 Å². The standard InChI is InChI=1S/C14H19N3O2/c1-2-11-15-16-13(19-11)14-7-5-10(14)6-8-17(14)12(18)9-3-4-9/h9-10H,2-8H2,1H3/t10-,14-/m0/s1. The molecule has 1 saturated heterocycles. The Balaban J connectivity index is 1.70. The minimum absolute atomic E-state index is 0.250. The molecule has 19 heavy (non-hydrogen) atoms. The van der Waals surface area contributed by atoms with Crippen LogP contribution in [0.3, 0.4) is 0 Å². The summed E-state index contributed by atoms with van der Waals surface area (Å²) in [5, 5.41) is 8.34. The predicted molar refractivity (Wildman–Crippen MR) is 67.1 cm³/mol. The van der Waals surface area contributed by atoms with Crippen LogP contribution in [0.15, 0.2) is 4.42 Å². The van der Waals surface area contributed by atoms with E-state index in [0.29, 0.717) is 23.6 Å². The van der Waals surface area contributed by atoms with Gasteiger partial charge in [0.1, 0.15) is 5.54 Å². The van der Waals surface area contributed by atoms with Crippen LogP contribution in [0.25, 0.3) is 0 Å². The van der Waals surface area contributed by atoms with Crippen molar-refractivity contribution in [1.82, 2.24) is 15.1 Å². The molecule has 102 valence electrons. The fourth-order valence-corrected chi connectivity index (χ4v) is 3.67. The minimum atomic E-state index is -0.250. The summed E-state index contributed by atoms with van der Waals surface area (Å²) in [5.41, 5.74) is -0.250. The summed E-state index contributed by atoms with van der Waals surface area (Å²) >= 11 is 0. The Bertz CT molecular complexity index is 523. The topological polar surface area (TPSA) is 59.2 Å². The zero-order valence-electron chi connectivity index (χ0n) is 11.3. The van der Waals surface area contributed by atoms with Crippen LogP contribution in [-0.2, 0) is 16.8 Å². The molecule has 2 aliphatic carbocycles. The van der Waals surface area contributed by atoms with E-state index >= 15 is 0 Å². The molecule has 0 bridgehead atoms. The average molecular weight is 261 g/mol. The number of carbonyl (C=O) groups excluding carboxylic acids is 1. The second-order valence-corrected chi connectivity index (χ2v) is 6.07. The third-order valence-electron chi connectivity index (χ3n) is 5.06. The molecule has 5 heteroatoms. The number of aromatic nitrogens is 2. The van der Waals surface area contributed by atoms with Gasteiger partial charge >= 0.3 is 0 Å². The molecule has 0 spiro atoms. The smallest absolute Gasteiger partial charge is 0.242 e. The van der Waals surface area contributed by atoms with Crippen molar-refractivity contribution >= 4 is 5.91 Å². The first kappa shape index (κ1) is 11.4. The third-order valence-corrected chi connectivity index (χ3v) is 5.06. The molecule has 0 unspecified atom stereocenters. The average Bonchev–Trinajstić information content (AvgIpc) is 3.08. The summed E-state index contributed by atoms with van der Waals surface area (Å²) in [6, 6.07) is 0. The van der Waals surface area contributed by atoms with Crippen molar-refractivity contribution in [2.24, 2.45) is 11.8 Å². The fourth-order valence-electron chi connectivity index (χ4n) is 3.67. The molecular formula is C14H19N3O2. The summed E-state index contributed by atoms with van der Waals surface area (Å²) in [7, 11) is 0. The summed E-state index contributed by atoms with van der Waals surface area (Å²) in [5.74, 6) is 2.48. The van der Waals surface area contributed by atoms with Gasteiger partial charge < -0.3 is 9.32 Å². The predicted octanol–water partition coefficient (Wildman–Crippen LogP) is 1.88. The maximum Gasteiger partial charge on any atom is 0.242 e. The van der Waals surface area contributed by atoms with E-state index in [2.05, 4.69) is 15.1 Å². The Hall–Kier alpha value is -1.39. The molecule has 1 aromatic rings. The molecule has 3 aliphatic rings. The van der Waals surface area contributed by atoms with Crippen LogP contribution >= 0.6 is 0 Å². The highest BCUT2D eigenvalue weighted by Crippen LogP contribution is 2.57. The van der Waals surface area contributed by atoms with Gasteiger partial charge in [0, 0.05) is 18.9 Å². The number of nitrogens with zero attached hydrogens (tertiary/aromatic N) is 3. The van der Waals surface area contributed by atoms with Gasteiger partial charge in [-0.15, -0.1) is 10.2 Å². The molecule has 0 N–H and O–H groups in total. The van der Waals surface area contributed by atoms with Crippen LogP contribution in [0, 0.1) is 11.8 Å². The highest BCUT2D eigenvalue weighted by atomic mass is 16.4. The van der Waals surface area contributed by atoms with Crippen molar-refractivity contribution in [3.05, 3.63) is 11.8 Å². The van der Waals surface area contributed by atoms with Gasteiger partial charge in [0.15, 0.2) is 0 Å². The van der Waals surface area contributed by atoms with Crippen LogP contribution < -0.4 is 0 Å². The van der Waals surface area contributed by atoms with Gasteiger partial charge in [0.2, 0.25) is 17.7 Å². The first-order valence-corrected chi connectivity index (χ1v) is 7.40. The number of fused-ring (bicyclic) bond motifs is 1. The maximum absolute atomic E-state index is 12.5. The van der Waals surface area contributed by atoms with Crippen LogP contribution in [0.5, 0.6) is 0 Å². The molecule has 0 aromatic carbocycles. The molecule has 1 aliphatic heterocycles. The molecule has 4 rings (SSSR count). The van der Waals surface area contributed by atoms with Crippen molar-refractivity contribution in [2.75, 3.05) is 6.54 Å². The highest BCUT2D eigenvalue weighted by Gasteiger charge is 2.62. The Labute approximate surface area is 112 Å². The molecule has 2 atom stereocenters. The van der Waals surface area contributed by atoms with E-state index in [1.165, 1.54) is 6.42 Å². The molecule has 5 nitrogen and oxygen atoms in total. The van der Waals surface area contributed by atoms with Crippen LogP contribution in [0.4, 0.5) is 0 Å². The largest absolute Gasteiger partial charge is 0.423 e. The van der Waals surface area contributed by atoms with E-state index in [4.69, 9.17) is 4.42 Å². The Kier molecular flexibility index (Phi) is 2.29. The van der Waals surface area contributed by atoms with E-state index in [1.54, 1.807) is 0 Å². The minimum Gasteiger partial charge on any atom is -0.423 e. The lowest BCUT2D eigenvalue weighted by Crippen LogP contribution is -2.54. The van der Waals surface area contributed by atoms with Crippen molar-refractivity contribution in [3.63, 3.8) is 0 Å². The van der Waals surface area contributed by atoms with Gasteiger partial charge in [-0.2, -0.15) is 0 Å². The summed E-state index contributed by atoms with van der Waals surface area (Å²) < 4.78 is 5.81. The van der Waals surface area contributed by atoms with E-state index in [1.807, 2.05) is 6.92 Å². The molecule has 2 heterocycles. The molecular weight excluding hydrogens is 242 g/mol. The Morgan fingerprint density at radius 1 is 1.37 bits per heavy atom. The fraction of sp³-hybridized carbons (Fsp3) is 0.786. The maximum atomic E-state index is 12.5. The molecule has 0 radical (unpaired) electrons. The molecule has 1 aromatic heterocycles. The number of rotatable bonds is 3. The van der Waals surface area contributed by atoms with Gasteiger partial charge in [0.05, 0.1) is 0 Å². The second-order valence-electron chi connectivity index (χ2n) is 6.07. The van der Waals surface area contributed by atoms with Gasteiger partial charge in [-0.25, -0.2) is 0 Å². The number of carbonyl (C=O) groups is 1. The quantitative estimate of drug-likeness (QED) is 0.833. The SMILES string of the molecule is CCc1nnc([C@]23CC[C@H]2CCN3C(=O)C2CC2)o1. The normalized spacial score (nSPS) is 33.1. The van der Waals surface area contributed by atoms with Crippen LogP contribution in [0.1, 0.15) is 50.8 Å². The lowest BCUT2D eigenvalue weighted by molar-refractivity contribution is -0.143. The number of aryl methyl sites for hydroxylation is 1. The zero-order chi connectivity index (χ0) is 13.0. The van der Waals surface area contributed by atoms with Gasteiger partial charge in [-0.1, -0.05) is 6.92 Å². The number of likely N-dealkylation sites (tertiary alicyclic amines) is 1. The Morgan fingerprint density at radius 2 is 2.21 bits per heavy atom. The van der Waals surface area contributed by atoms with E-state index in [9.17, 15) is 4.79 Å².